The normalized spacial score (nSPS) is 20.7. The summed E-state index contributed by atoms with van der Waals surface area (Å²) in [7, 11) is 2.02. The zero-order valence-electron chi connectivity index (χ0n) is 14.6. The molecule has 0 aliphatic carbocycles. The number of fused-ring (bicyclic) bond motifs is 1. The first-order valence-electron chi connectivity index (χ1n) is 8.55. The standard InChI is InChI=1S/C17H24N6O2/c1-12(24)18-9-14-7-6-13(22(14)2)8-17(25)19-10-15-4-3-5-16-20-11-21-23(15)16/h3-5,11,13-14H,6-10H2,1-2H3,(H,18,24)(H,19,25)/t13-,14+/m0/s1. The van der Waals surface area contributed by atoms with Gasteiger partial charge in [-0.15, -0.1) is 0 Å². The largest absolute Gasteiger partial charge is 0.355 e. The topological polar surface area (TPSA) is 91.6 Å². The van der Waals surface area contributed by atoms with Gasteiger partial charge in [-0.25, -0.2) is 9.50 Å². The number of likely N-dealkylation sites (tertiary alicyclic amines) is 1. The first-order valence-corrected chi connectivity index (χ1v) is 8.55. The van der Waals surface area contributed by atoms with E-state index < -0.39 is 0 Å². The lowest BCUT2D eigenvalue weighted by Gasteiger charge is -2.25. The van der Waals surface area contributed by atoms with Gasteiger partial charge in [0.05, 0.1) is 12.2 Å². The van der Waals surface area contributed by atoms with Crippen molar-refractivity contribution in [3.05, 3.63) is 30.2 Å². The molecule has 1 aliphatic rings. The van der Waals surface area contributed by atoms with Crippen LogP contribution in [0.1, 0.15) is 31.9 Å². The highest BCUT2D eigenvalue weighted by Gasteiger charge is 2.31. The summed E-state index contributed by atoms with van der Waals surface area (Å²) in [6, 6.07) is 6.21. The predicted molar refractivity (Wildman–Crippen MR) is 92.7 cm³/mol. The molecule has 3 heterocycles. The van der Waals surface area contributed by atoms with Crippen molar-refractivity contribution in [1.29, 1.82) is 0 Å². The lowest BCUT2D eigenvalue weighted by Crippen LogP contribution is -2.42. The minimum Gasteiger partial charge on any atom is -0.355 e. The van der Waals surface area contributed by atoms with Crippen LogP contribution >= 0.6 is 0 Å². The van der Waals surface area contributed by atoms with Crippen molar-refractivity contribution in [3.8, 4) is 0 Å². The third-order valence-corrected chi connectivity index (χ3v) is 4.84. The van der Waals surface area contributed by atoms with Crippen LogP contribution in [0, 0.1) is 0 Å². The molecular formula is C17H24N6O2. The van der Waals surface area contributed by atoms with E-state index in [1.54, 1.807) is 4.52 Å². The summed E-state index contributed by atoms with van der Waals surface area (Å²) in [5.41, 5.74) is 1.66. The summed E-state index contributed by atoms with van der Waals surface area (Å²) in [6.07, 6.45) is 3.92. The summed E-state index contributed by atoms with van der Waals surface area (Å²) >= 11 is 0. The molecule has 1 saturated heterocycles. The zero-order chi connectivity index (χ0) is 17.8. The van der Waals surface area contributed by atoms with E-state index in [1.165, 1.54) is 13.3 Å². The Hall–Kier alpha value is -2.48. The molecule has 1 aliphatic heterocycles. The Kier molecular flexibility index (Phi) is 5.28. The number of hydrogen-bond donors (Lipinski definition) is 2. The predicted octanol–water partition coefficient (Wildman–Crippen LogP) is 0.335. The monoisotopic (exact) mass is 344 g/mol. The van der Waals surface area contributed by atoms with E-state index in [-0.39, 0.29) is 17.9 Å². The molecular weight excluding hydrogens is 320 g/mol. The summed E-state index contributed by atoms with van der Waals surface area (Å²) in [6.45, 7) is 2.58. The summed E-state index contributed by atoms with van der Waals surface area (Å²) in [4.78, 5) is 29.7. The van der Waals surface area contributed by atoms with Gasteiger partial charge in [-0.05, 0) is 32.0 Å². The molecule has 3 rings (SSSR count). The molecule has 8 nitrogen and oxygen atoms in total. The van der Waals surface area contributed by atoms with Crippen LogP contribution in [-0.4, -0.2) is 57.0 Å². The van der Waals surface area contributed by atoms with E-state index in [4.69, 9.17) is 0 Å². The number of nitrogens with zero attached hydrogens (tertiary/aromatic N) is 4. The van der Waals surface area contributed by atoms with Gasteiger partial charge in [0.2, 0.25) is 11.8 Å². The number of pyridine rings is 1. The highest BCUT2D eigenvalue weighted by Crippen LogP contribution is 2.24. The van der Waals surface area contributed by atoms with Crippen molar-refractivity contribution >= 4 is 17.5 Å². The fourth-order valence-electron chi connectivity index (χ4n) is 3.35. The Bertz CT molecular complexity index is 758. The van der Waals surface area contributed by atoms with E-state index in [2.05, 4.69) is 25.6 Å². The van der Waals surface area contributed by atoms with Gasteiger partial charge in [-0.2, -0.15) is 5.10 Å². The zero-order valence-corrected chi connectivity index (χ0v) is 14.6. The number of carbonyl (C=O) groups excluding carboxylic acids is 2. The molecule has 0 unspecified atom stereocenters. The van der Waals surface area contributed by atoms with Crippen molar-refractivity contribution in [3.63, 3.8) is 0 Å². The van der Waals surface area contributed by atoms with Crippen molar-refractivity contribution in [2.75, 3.05) is 13.6 Å². The Labute approximate surface area is 146 Å². The Balaban J connectivity index is 1.50. The van der Waals surface area contributed by atoms with Crippen LogP contribution in [-0.2, 0) is 16.1 Å². The molecule has 0 spiro atoms. The van der Waals surface area contributed by atoms with Crippen LogP contribution < -0.4 is 10.6 Å². The van der Waals surface area contributed by atoms with E-state index in [9.17, 15) is 9.59 Å². The van der Waals surface area contributed by atoms with Crippen molar-refractivity contribution in [1.82, 2.24) is 30.1 Å². The van der Waals surface area contributed by atoms with Gasteiger partial charge >= 0.3 is 0 Å². The summed E-state index contributed by atoms with van der Waals surface area (Å²) < 4.78 is 1.73. The maximum atomic E-state index is 12.3. The lowest BCUT2D eigenvalue weighted by molar-refractivity contribution is -0.122. The Morgan fingerprint density at radius 2 is 2.04 bits per heavy atom. The number of hydrogen-bond acceptors (Lipinski definition) is 5. The molecule has 2 amide bonds. The highest BCUT2D eigenvalue weighted by molar-refractivity contribution is 5.76. The maximum absolute atomic E-state index is 12.3. The van der Waals surface area contributed by atoms with Crippen LogP contribution in [0.15, 0.2) is 24.5 Å². The maximum Gasteiger partial charge on any atom is 0.221 e. The number of aromatic nitrogens is 3. The molecule has 0 aromatic carbocycles. The SMILES string of the molecule is CC(=O)NC[C@H]1CC[C@@H](CC(=O)NCc2cccc3ncnn23)N1C. The van der Waals surface area contributed by atoms with Gasteiger partial charge in [0, 0.05) is 32.0 Å². The molecule has 1 fully saturated rings. The molecule has 0 bridgehead atoms. The number of likely N-dealkylation sites (N-methyl/N-ethyl adjacent to an activating group) is 1. The van der Waals surface area contributed by atoms with Crippen LogP contribution in [0.25, 0.3) is 5.65 Å². The van der Waals surface area contributed by atoms with Gasteiger partial charge in [-0.3, -0.25) is 14.5 Å². The average Bonchev–Trinajstić information content (AvgIpc) is 3.19. The Morgan fingerprint density at radius 3 is 2.84 bits per heavy atom. The molecule has 2 atom stereocenters. The minimum atomic E-state index is -0.0168. The second-order valence-corrected chi connectivity index (χ2v) is 6.52. The minimum absolute atomic E-state index is 0.0168. The van der Waals surface area contributed by atoms with E-state index in [0.29, 0.717) is 25.6 Å². The number of amides is 2. The van der Waals surface area contributed by atoms with Crippen LogP contribution in [0.2, 0.25) is 0 Å². The average molecular weight is 344 g/mol. The van der Waals surface area contributed by atoms with Gasteiger partial charge in [-0.1, -0.05) is 6.07 Å². The molecule has 0 radical (unpaired) electrons. The second-order valence-electron chi connectivity index (χ2n) is 6.52. The molecule has 2 aromatic heterocycles. The first-order chi connectivity index (χ1) is 12.0. The number of rotatable bonds is 6. The van der Waals surface area contributed by atoms with Gasteiger partial charge in [0.15, 0.2) is 5.65 Å². The fraction of sp³-hybridized carbons (Fsp3) is 0.529. The molecule has 8 heteroatoms. The third kappa shape index (κ3) is 4.14. The van der Waals surface area contributed by atoms with E-state index in [1.807, 2.05) is 25.2 Å². The van der Waals surface area contributed by atoms with Crippen LogP contribution in [0.4, 0.5) is 0 Å². The van der Waals surface area contributed by atoms with Gasteiger partial charge in [0.1, 0.15) is 6.33 Å². The van der Waals surface area contributed by atoms with Crippen molar-refractivity contribution in [2.45, 2.75) is 44.8 Å². The highest BCUT2D eigenvalue weighted by atomic mass is 16.2. The lowest BCUT2D eigenvalue weighted by atomic mass is 10.1. The summed E-state index contributed by atoms with van der Waals surface area (Å²) in [5, 5.41) is 9.99. The molecule has 2 N–H and O–H groups in total. The van der Waals surface area contributed by atoms with E-state index >= 15 is 0 Å². The van der Waals surface area contributed by atoms with Crippen molar-refractivity contribution < 1.29 is 9.59 Å². The second kappa shape index (κ2) is 7.60. The van der Waals surface area contributed by atoms with Crippen LogP contribution in [0.5, 0.6) is 0 Å². The molecule has 134 valence electrons. The van der Waals surface area contributed by atoms with Gasteiger partial charge < -0.3 is 10.6 Å². The summed E-state index contributed by atoms with van der Waals surface area (Å²) in [5.74, 6) is 0.00558. The Morgan fingerprint density at radius 1 is 1.24 bits per heavy atom. The number of nitrogens with one attached hydrogen (secondary N) is 2. The molecule has 2 aromatic rings. The number of carbonyl (C=O) groups is 2. The van der Waals surface area contributed by atoms with Crippen LogP contribution in [0.3, 0.4) is 0 Å². The van der Waals surface area contributed by atoms with Gasteiger partial charge in [0.25, 0.3) is 0 Å². The smallest absolute Gasteiger partial charge is 0.221 e. The molecule has 25 heavy (non-hydrogen) atoms. The fourth-order valence-corrected chi connectivity index (χ4v) is 3.35. The quantitative estimate of drug-likeness (QED) is 0.788. The molecule has 0 saturated carbocycles. The first kappa shape index (κ1) is 17.3. The van der Waals surface area contributed by atoms with Crippen molar-refractivity contribution in [2.24, 2.45) is 0 Å². The van der Waals surface area contributed by atoms with E-state index in [0.717, 1.165) is 24.2 Å². The third-order valence-electron chi connectivity index (χ3n) is 4.84.